The van der Waals surface area contributed by atoms with E-state index in [1.807, 2.05) is 12.1 Å². The Morgan fingerprint density at radius 1 is 0.142 bits per heavy atom. The van der Waals surface area contributed by atoms with Crippen molar-refractivity contribution in [2.24, 2.45) is 0 Å². The molecule has 24 aromatic rings. The van der Waals surface area contributed by atoms with Gasteiger partial charge < -0.3 is 18.3 Å². The molecule has 560 valence electrons. The van der Waals surface area contributed by atoms with Gasteiger partial charge in [0.1, 0.15) is 0 Å². The molecule has 0 N–H and O–H groups in total. The van der Waals surface area contributed by atoms with Crippen LogP contribution in [-0.4, -0.2) is 38.2 Å². The lowest BCUT2D eigenvalue weighted by Gasteiger charge is -2.15. The van der Waals surface area contributed by atoms with E-state index in [2.05, 4.69) is 443 Å². The Labute approximate surface area is 692 Å². The molecule has 0 atom stereocenters. The fourth-order valence-electron chi connectivity index (χ4n) is 18.3. The zero-order valence-corrected chi connectivity index (χ0v) is 65.1. The lowest BCUT2D eigenvalue weighted by molar-refractivity contribution is 1.16. The van der Waals surface area contributed by atoms with Crippen LogP contribution in [0.4, 0.5) is 0 Å². The largest absolute Gasteiger partial charge is 0.309 e. The third-order valence-corrected chi connectivity index (χ3v) is 23.8. The van der Waals surface area contributed by atoms with Gasteiger partial charge in [-0.3, -0.25) is 0 Å². The molecule has 6 heterocycles. The second kappa shape index (κ2) is 29.0. The number of benzene rings is 18. The van der Waals surface area contributed by atoms with Crippen LogP contribution in [-0.2, 0) is 0 Å². The smallest absolute Gasteiger partial charge is 0.161 e. The van der Waals surface area contributed by atoms with E-state index >= 15 is 0 Å². The zero-order chi connectivity index (χ0) is 79.1. The van der Waals surface area contributed by atoms with Crippen LogP contribution in [0, 0.1) is 0 Å². The van der Waals surface area contributed by atoms with E-state index in [0.29, 0.717) is 11.6 Å². The second-order valence-corrected chi connectivity index (χ2v) is 30.8. The molecule has 0 aliphatic heterocycles. The van der Waals surface area contributed by atoms with Gasteiger partial charge in [-0.05, 0) is 165 Å². The van der Waals surface area contributed by atoms with E-state index in [1.165, 1.54) is 87.3 Å². The van der Waals surface area contributed by atoms with Crippen molar-refractivity contribution in [1.82, 2.24) is 38.2 Å². The molecular weight excluding hydrogens is 1460 g/mol. The Morgan fingerprint density at radius 2 is 0.442 bits per heavy atom. The maximum atomic E-state index is 5.42. The highest BCUT2D eigenvalue weighted by molar-refractivity contribution is 6.21. The number of fused-ring (bicyclic) bond motifs is 14. The summed E-state index contributed by atoms with van der Waals surface area (Å²) in [5, 5.41) is 14.3. The van der Waals surface area contributed by atoms with Crippen molar-refractivity contribution in [2.75, 3.05) is 0 Å². The average Bonchev–Trinajstić information content (AvgIpc) is 1.56. The summed E-state index contributed by atoms with van der Waals surface area (Å²) < 4.78 is 9.65. The first-order chi connectivity index (χ1) is 59.5. The molecule has 6 aromatic heterocycles. The van der Waals surface area contributed by atoms with Gasteiger partial charge in [0.15, 0.2) is 11.6 Å². The first kappa shape index (κ1) is 69.4. The van der Waals surface area contributed by atoms with Crippen LogP contribution >= 0.6 is 0 Å². The molecule has 24 rings (SSSR count). The molecule has 0 saturated heterocycles. The number of aromatic nitrogens is 8. The highest BCUT2D eigenvalue weighted by Crippen LogP contribution is 2.45. The summed E-state index contributed by atoms with van der Waals surface area (Å²) in [6.45, 7) is 0. The van der Waals surface area contributed by atoms with E-state index in [1.54, 1.807) is 0 Å². The van der Waals surface area contributed by atoms with E-state index in [-0.39, 0.29) is 0 Å². The molecule has 18 aromatic carbocycles. The van der Waals surface area contributed by atoms with Gasteiger partial charge in [0.05, 0.1) is 66.9 Å². The third kappa shape index (κ3) is 12.0. The SMILES string of the molecule is c1ccc(-c2cccc(-c3cc(-c4ccccc4)nc(-c4cc(-n5c6ccccc6c6cc7c8ccccc8n(-c8ccccc8)c7cc65)cc5ccccc45)n3)c2)cc1.c1ccc(-c2cccc(-c3cc(-c4ccccc4)nc(-c4cccc5cc(-n6c7ccccc7c7cc8c9ccccc9n(-c9ccccc9)c8cc76)ccc45)n3)c2)cc1. The quantitative estimate of drug-likeness (QED) is 0.122. The second-order valence-electron chi connectivity index (χ2n) is 30.8. The van der Waals surface area contributed by atoms with Crippen LogP contribution in [0.5, 0.6) is 0 Å². The Balaban J connectivity index is 0.000000140. The van der Waals surface area contributed by atoms with Crippen molar-refractivity contribution in [3.05, 3.63) is 437 Å². The van der Waals surface area contributed by atoms with Crippen molar-refractivity contribution in [1.29, 1.82) is 0 Å². The molecule has 8 nitrogen and oxygen atoms in total. The summed E-state index contributed by atoms with van der Waals surface area (Å²) in [5.74, 6) is 1.38. The maximum Gasteiger partial charge on any atom is 0.161 e. The minimum absolute atomic E-state index is 0.682. The predicted octanol–water partition coefficient (Wildman–Crippen LogP) is 29.0. The van der Waals surface area contributed by atoms with Gasteiger partial charge in [0, 0.05) is 99.2 Å². The molecule has 0 amide bonds. The number of rotatable bonds is 12. The molecule has 0 saturated carbocycles. The molecule has 8 heteroatoms. The first-order valence-corrected chi connectivity index (χ1v) is 40.8. The minimum Gasteiger partial charge on any atom is -0.309 e. The summed E-state index contributed by atoms with van der Waals surface area (Å²) in [7, 11) is 0. The topological polar surface area (TPSA) is 71.3 Å². The fraction of sp³-hybridized carbons (Fsp3) is 0. The minimum atomic E-state index is 0.682. The van der Waals surface area contributed by atoms with Gasteiger partial charge in [-0.25, -0.2) is 19.9 Å². The van der Waals surface area contributed by atoms with Gasteiger partial charge in [-0.2, -0.15) is 0 Å². The Morgan fingerprint density at radius 3 is 0.875 bits per heavy atom. The molecular formula is C112H72N8. The Kier molecular flexibility index (Phi) is 16.7. The van der Waals surface area contributed by atoms with Crippen molar-refractivity contribution in [2.45, 2.75) is 0 Å². The fourth-order valence-corrected chi connectivity index (χ4v) is 18.3. The summed E-state index contributed by atoms with van der Waals surface area (Å²) in [6.07, 6.45) is 0. The van der Waals surface area contributed by atoms with Crippen molar-refractivity contribution in [3.63, 3.8) is 0 Å². The van der Waals surface area contributed by atoms with E-state index in [4.69, 9.17) is 19.9 Å². The molecule has 0 aliphatic rings. The molecule has 120 heavy (non-hydrogen) atoms. The summed E-state index contributed by atoms with van der Waals surface area (Å²) in [6, 6.07) is 156. The molecule has 0 radical (unpaired) electrons. The third-order valence-electron chi connectivity index (χ3n) is 23.8. The molecule has 0 bridgehead atoms. The van der Waals surface area contributed by atoms with Crippen molar-refractivity contribution in [3.8, 4) is 113 Å². The first-order valence-electron chi connectivity index (χ1n) is 40.8. The number of nitrogens with zero attached hydrogens (tertiary/aromatic N) is 8. The standard InChI is InChI=1S/2C56H36N4/c1-4-16-37(17-5-1)39-20-14-22-41(32-39)51-35-50(38-18-6-2-7-19-38)57-56(58-51)47-27-15-21-40-33-43(30-31-44(40)47)60-53-29-13-11-26-46(53)49-34-48-45-25-10-12-28-52(45)59(54(48)36-55(49)60)42-23-8-3-9-24-42;1-4-17-37(18-5-1)39-22-16-23-41(31-39)51-35-50(38-19-6-2-7-20-38)57-56(58-51)49-33-43(32-40-21-10-11-26-44(40)49)60-53-30-15-13-28-46(53)48-34-47-45-27-12-14-29-52(45)59(54(47)36-55(48)60)42-24-8-3-9-25-42/h2*1-36H. The normalized spacial score (nSPS) is 11.7. The Hall–Kier alpha value is -16.2. The van der Waals surface area contributed by atoms with Gasteiger partial charge in [0.2, 0.25) is 0 Å². The van der Waals surface area contributed by atoms with E-state index in [0.717, 1.165) is 123 Å². The van der Waals surface area contributed by atoms with Gasteiger partial charge in [-0.1, -0.05) is 315 Å². The maximum absolute atomic E-state index is 5.42. The van der Waals surface area contributed by atoms with Crippen LogP contribution < -0.4 is 0 Å². The van der Waals surface area contributed by atoms with E-state index in [9.17, 15) is 0 Å². The van der Waals surface area contributed by atoms with Crippen LogP contribution in [0.25, 0.3) is 222 Å². The van der Waals surface area contributed by atoms with Crippen LogP contribution in [0.2, 0.25) is 0 Å². The molecule has 0 fully saturated rings. The lowest BCUT2D eigenvalue weighted by atomic mass is 9.99. The van der Waals surface area contributed by atoms with Crippen LogP contribution in [0.3, 0.4) is 0 Å². The molecule has 0 unspecified atom stereocenters. The Bertz CT molecular complexity index is 8110. The average molecular weight is 1530 g/mol. The highest BCUT2D eigenvalue weighted by Gasteiger charge is 2.24. The lowest BCUT2D eigenvalue weighted by Crippen LogP contribution is -2.00. The monoisotopic (exact) mass is 1530 g/mol. The molecule has 0 spiro atoms. The highest BCUT2D eigenvalue weighted by atomic mass is 15.0. The zero-order valence-electron chi connectivity index (χ0n) is 65.1. The van der Waals surface area contributed by atoms with Gasteiger partial charge >= 0.3 is 0 Å². The molecule has 0 aliphatic carbocycles. The number of hydrogen-bond acceptors (Lipinski definition) is 4. The van der Waals surface area contributed by atoms with Crippen molar-refractivity contribution < 1.29 is 0 Å². The van der Waals surface area contributed by atoms with E-state index < -0.39 is 0 Å². The number of hydrogen-bond donors (Lipinski definition) is 0. The van der Waals surface area contributed by atoms with Gasteiger partial charge in [0.25, 0.3) is 0 Å². The predicted molar refractivity (Wildman–Crippen MR) is 500 cm³/mol. The summed E-state index contributed by atoms with van der Waals surface area (Å²) >= 11 is 0. The van der Waals surface area contributed by atoms with Crippen molar-refractivity contribution >= 4 is 109 Å². The van der Waals surface area contributed by atoms with Gasteiger partial charge in [-0.15, -0.1) is 0 Å². The summed E-state index contributed by atoms with van der Waals surface area (Å²) in [5.41, 5.74) is 28.1. The number of para-hydroxylation sites is 6. The van der Waals surface area contributed by atoms with Crippen LogP contribution in [0.15, 0.2) is 437 Å². The van der Waals surface area contributed by atoms with Crippen LogP contribution in [0.1, 0.15) is 0 Å². The summed E-state index contributed by atoms with van der Waals surface area (Å²) in [4.78, 5) is 21.3.